The van der Waals surface area contributed by atoms with Crippen LogP contribution in [0.15, 0.2) is 60.7 Å². The molecule has 4 rings (SSSR count). The van der Waals surface area contributed by atoms with Crippen LogP contribution in [0, 0.1) is 0 Å². The van der Waals surface area contributed by atoms with Crippen LogP contribution in [0.1, 0.15) is 23.7 Å². The van der Waals surface area contributed by atoms with Gasteiger partial charge in [0.1, 0.15) is 24.4 Å². The average molecular weight is 358 g/mol. The maximum Gasteiger partial charge on any atom is 0.184 e. The molecule has 2 aromatic carbocycles. The molecule has 2 N–H and O–H groups in total. The minimum Gasteiger partial charge on any atom is -0.388 e. The predicted octanol–water partition coefficient (Wildman–Crippen LogP) is 1.94. The summed E-state index contributed by atoms with van der Waals surface area (Å²) in [6, 6.07) is 19.0. The molecule has 0 bridgehead atoms. The molecule has 26 heavy (non-hydrogen) atoms. The zero-order valence-corrected chi connectivity index (χ0v) is 14.2. The van der Waals surface area contributed by atoms with Crippen LogP contribution < -0.4 is 0 Å². The second-order valence-electron chi connectivity index (χ2n) is 6.49. The molecule has 6 nitrogen and oxygen atoms in total. The minimum atomic E-state index is -0.899. The molecule has 0 radical (unpaired) electrons. The van der Waals surface area contributed by atoms with Crippen LogP contribution in [0.4, 0.5) is 0 Å². The Bertz CT molecular complexity index is 632. The molecule has 0 saturated carbocycles. The molecule has 6 heteroatoms. The van der Waals surface area contributed by atoms with E-state index in [0.29, 0.717) is 0 Å². The van der Waals surface area contributed by atoms with Crippen molar-refractivity contribution >= 4 is 0 Å². The van der Waals surface area contributed by atoms with E-state index < -0.39 is 37.0 Å². The second kappa shape index (κ2) is 7.84. The number of hydrogen-bond acceptors (Lipinski definition) is 6. The molecule has 2 aromatic rings. The van der Waals surface area contributed by atoms with Gasteiger partial charge in [-0.2, -0.15) is 0 Å². The predicted molar refractivity (Wildman–Crippen MR) is 92.0 cm³/mol. The standard InChI is InChI=1S/C20H22O6/c21-15-11-23-19(13-7-3-1-4-8-13)25-17(15)18-16(22)12-24-20(26-18)14-9-5-2-6-10-14/h1-10,15-22H,11-12H2/t15-,16+,17+,18-,19-,20-/m1/s1. The number of aliphatic hydroxyl groups is 2. The summed E-state index contributed by atoms with van der Waals surface area (Å²) in [4.78, 5) is 0. The van der Waals surface area contributed by atoms with E-state index in [4.69, 9.17) is 18.9 Å². The van der Waals surface area contributed by atoms with Gasteiger partial charge >= 0.3 is 0 Å². The Hall–Kier alpha value is -1.80. The number of ether oxygens (including phenoxy) is 4. The molecule has 6 atom stereocenters. The van der Waals surface area contributed by atoms with Gasteiger partial charge in [0.05, 0.1) is 13.2 Å². The molecule has 2 aliphatic heterocycles. The number of rotatable bonds is 3. The minimum absolute atomic E-state index is 0.105. The number of benzene rings is 2. The summed E-state index contributed by atoms with van der Waals surface area (Å²) >= 11 is 0. The van der Waals surface area contributed by atoms with E-state index >= 15 is 0 Å². The van der Waals surface area contributed by atoms with Crippen LogP contribution in [-0.2, 0) is 18.9 Å². The van der Waals surface area contributed by atoms with Crippen molar-refractivity contribution in [2.24, 2.45) is 0 Å². The van der Waals surface area contributed by atoms with Gasteiger partial charge in [0.25, 0.3) is 0 Å². The van der Waals surface area contributed by atoms with Crippen molar-refractivity contribution in [2.45, 2.75) is 37.0 Å². The van der Waals surface area contributed by atoms with E-state index in [1.165, 1.54) is 0 Å². The smallest absolute Gasteiger partial charge is 0.184 e. The van der Waals surface area contributed by atoms with Gasteiger partial charge < -0.3 is 29.2 Å². The van der Waals surface area contributed by atoms with E-state index in [0.717, 1.165) is 11.1 Å². The Kier molecular flexibility index (Phi) is 5.31. The van der Waals surface area contributed by atoms with Gasteiger partial charge in [0.2, 0.25) is 0 Å². The Labute approximate surface area is 151 Å². The lowest BCUT2D eigenvalue weighted by atomic mass is 10.0. The fourth-order valence-electron chi connectivity index (χ4n) is 3.27. The molecule has 0 aromatic heterocycles. The zero-order chi connectivity index (χ0) is 17.9. The van der Waals surface area contributed by atoms with Crippen molar-refractivity contribution in [2.75, 3.05) is 13.2 Å². The van der Waals surface area contributed by atoms with E-state index in [9.17, 15) is 10.2 Å². The van der Waals surface area contributed by atoms with E-state index in [-0.39, 0.29) is 13.2 Å². The largest absolute Gasteiger partial charge is 0.388 e. The highest BCUT2D eigenvalue weighted by Crippen LogP contribution is 2.34. The summed E-state index contributed by atoms with van der Waals surface area (Å²) in [7, 11) is 0. The third-order valence-electron chi connectivity index (χ3n) is 4.62. The number of hydrogen-bond donors (Lipinski definition) is 2. The molecule has 0 unspecified atom stereocenters. The molecular formula is C20H22O6. The normalized spacial score (nSPS) is 35.2. The van der Waals surface area contributed by atoms with Gasteiger partial charge in [-0.3, -0.25) is 0 Å². The molecule has 138 valence electrons. The van der Waals surface area contributed by atoms with Gasteiger partial charge in [-0.25, -0.2) is 0 Å². The van der Waals surface area contributed by atoms with E-state index in [1.807, 2.05) is 60.7 Å². The van der Waals surface area contributed by atoms with Crippen LogP contribution >= 0.6 is 0 Å². The first-order chi connectivity index (χ1) is 12.7. The van der Waals surface area contributed by atoms with Crippen molar-refractivity contribution in [3.8, 4) is 0 Å². The van der Waals surface area contributed by atoms with Crippen molar-refractivity contribution in [3.05, 3.63) is 71.8 Å². The summed E-state index contributed by atoms with van der Waals surface area (Å²) in [5.74, 6) is 0. The van der Waals surface area contributed by atoms with Crippen molar-refractivity contribution in [3.63, 3.8) is 0 Å². The van der Waals surface area contributed by atoms with Gasteiger partial charge in [0, 0.05) is 11.1 Å². The highest BCUT2D eigenvalue weighted by molar-refractivity contribution is 5.18. The monoisotopic (exact) mass is 358 g/mol. The fourth-order valence-corrected chi connectivity index (χ4v) is 3.27. The lowest BCUT2D eigenvalue weighted by Crippen LogP contribution is -2.55. The lowest BCUT2D eigenvalue weighted by molar-refractivity contribution is -0.331. The first kappa shape index (κ1) is 17.6. The molecule has 2 fully saturated rings. The summed E-state index contributed by atoms with van der Waals surface area (Å²) in [6.07, 6.45) is -4.47. The maximum absolute atomic E-state index is 10.4. The van der Waals surface area contributed by atoms with Gasteiger partial charge in [-0.1, -0.05) is 60.7 Å². The molecule has 0 aliphatic carbocycles. The van der Waals surface area contributed by atoms with Gasteiger partial charge in [-0.15, -0.1) is 0 Å². The highest BCUT2D eigenvalue weighted by Gasteiger charge is 2.44. The summed E-state index contributed by atoms with van der Waals surface area (Å²) < 4.78 is 23.1. The Balaban J connectivity index is 1.51. The van der Waals surface area contributed by atoms with Crippen molar-refractivity contribution in [1.82, 2.24) is 0 Å². The lowest BCUT2D eigenvalue weighted by Gasteiger charge is -2.43. The average Bonchev–Trinajstić information content (AvgIpc) is 2.70. The van der Waals surface area contributed by atoms with Crippen LogP contribution in [0.3, 0.4) is 0 Å². The van der Waals surface area contributed by atoms with Crippen molar-refractivity contribution < 1.29 is 29.2 Å². The zero-order valence-electron chi connectivity index (χ0n) is 14.2. The van der Waals surface area contributed by atoms with Gasteiger partial charge in [-0.05, 0) is 0 Å². The van der Waals surface area contributed by atoms with Crippen LogP contribution in [0.5, 0.6) is 0 Å². The van der Waals surface area contributed by atoms with Gasteiger partial charge in [0.15, 0.2) is 12.6 Å². The van der Waals surface area contributed by atoms with E-state index in [2.05, 4.69) is 0 Å². The summed E-state index contributed by atoms with van der Waals surface area (Å²) in [5, 5.41) is 20.8. The quantitative estimate of drug-likeness (QED) is 0.873. The second-order valence-corrected chi connectivity index (χ2v) is 6.49. The third-order valence-corrected chi connectivity index (χ3v) is 4.62. The third kappa shape index (κ3) is 3.66. The molecule has 2 heterocycles. The first-order valence-electron chi connectivity index (χ1n) is 8.72. The SMILES string of the molecule is O[C@@H]1CO[C@@H](c2ccccc2)O[C@@H]1[C@@H]1O[C@H](c2ccccc2)OC[C@@H]1O. The number of aliphatic hydroxyl groups excluding tert-OH is 2. The highest BCUT2D eigenvalue weighted by atomic mass is 16.7. The topological polar surface area (TPSA) is 77.4 Å². The van der Waals surface area contributed by atoms with Crippen molar-refractivity contribution in [1.29, 1.82) is 0 Å². The molecule has 0 spiro atoms. The maximum atomic E-state index is 10.4. The first-order valence-corrected chi connectivity index (χ1v) is 8.72. The van der Waals surface area contributed by atoms with E-state index in [1.54, 1.807) is 0 Å². The summed E-state index contributed by atoms with van der Waals surface area (Å²) in [6.45, 7) is 0.210. The Morgan fingerprint density at radius 1 is 0.615 bits per heavy atom. The molecule has 2 saturated heterocycles. The molecular weight excluding hydrogens is 336 g/mol. The summed E-state index contributed by atoms with van der Waals surface area (Å²) in [5.41, 5.74) is 1.70. The van der Waals surface area contributed by atoms with Crippen LogP contribution in [0.25, 0.3) is 0 Å². The Morgan fingerprint density at radius 3 is 1.38 bits per heavy atom. The molecule has 2 aliphatic rings. The Morgan fingerprint density at radius 2 is 1.00 bits per heavy atom. The van der Waals surface area contributed by atoms with Crippen LogP contribution in [-0.4, -0.2) is 47.8 Å². The van der Waals surface area contributed by atoms with Crippen LogP contribution in [0.2, 0.25) is 0 Å². The fraction of sp³-hybridized carbons (Fsp3) is 0.400. The molecule has 0 amide bonds.